The number of aliphatic hydroxyl groups excluding tert-OH is 1. The molecule has 1 fully saturated rings. The highest BCUT2D eigenvalue weighted by molar-refractivity contribution is 5.69. The predicted octanol–water partition coefficient (Wildman–Crippen LogP) is 0.635. The molecule has 7 heteroatoms. The van der Waals surface area contributed by atoms with E-state index >= 15 is 0 Å². The zero-order chi connectivity index (χ0) is 11.8. The minimum Gasteiger partial charge on any atom is -0.394 e. The fourth-order valence-electron chi connectivity index (χ4n) is 2.06. The van der Waals surface area contributed by atoms with Crippen molar-refractivity contribution in [3.8, 4) is 0 Å². The van der Waals surface area contributed by atoms with Crippen LogP contribution in [0.1, 0.15) is 19.1 Å². The van der Waals surface area contributed by atoms with Gasteiger partial charge in [-0.3, -0.25) is 4.57 Å². The van der Waals surface area contributed by atoms with Crippen LogP contribution in [0.4, 0.5) is 4.39 Å². The molecular weight excluding hydrogens is 227 g/mol. The average Bonchev–Trinajstić information content (AvgIpc) is 2.94. The molecule has 90 valence electrons. The first-order valence-electron chi connectivity index (χ1n) is 5.39. The second kappa shape index (κ2) is 4.01. The van der Waals surface area contributed by atoms with Crippen LogP contribution in [-0.2, 0) is 4.74 Å². The van der Waals surface area contributed by atoms with Crippen molar-refractivity contribution in [3.63, 3.8) is 0 Å². The van der Waals surface area contributed by atoms with E-state index < -0.39 is 5.95 Å². The fraction of sp³-hybridized carbons (Fsp3) is 0.500. The number of nitrogens with zero attached hydrogens (tertiary/aromatic N) is 4. The SMILES string of the molecule is OC[C@@H]1CC[C@H](n2cnc3c(F)ncnc32)O1. The number of imidazole rings is 1. The van der Waals surface area contributed by atoms with E-state index in [-0.39, 0.29) is 24.5 Å². The molecule has 3 rings (SSSR count). The first kappa shape index (κ1) is 10.5. The number of aromatic nitrogens is 4. The van der Waals surface area contributed by atoms with Crippen LogP contribution in [0.2, 0.25) is 0 Å². The highest BCUT2D eigenvalue weighted by Gasteiger charge is 2.27. The summed E-state index contributed by atoms with van der Waals surface area (Å²) in [5, 5.41) is 9.00. The number of aliphatic hydroxyl groups is 1. The third-order valence-electron chi connectivity index (χ3n) is 2.91. The van der Waals surface area contributed by atoms with Crippen LogP contribution in [0.25, 0.3) is 11.2 Å². The van der Waals surface area contributed by atoms with Crippen molar-refractivity contribution < 1.29 is 14.2 Å². The Kier molecular flexibility index (Phi) is 2.49. The van der Waals surface area contributed by atoms with Crippen molar-refractivity contribution in [2.24, 2.45) is 0 Å². The van der Waals surface area contributed by atoms with Crippen LogP contribution in [0.15, 0.2) is 12.7 Å². The molecule has 0 saturated carbocycles. The Balaban J connectivity index is 1.99. The molecule has 0 radical (unpaired) electrons. The molecular formula is C10H11FN4O2. The quantitative estimate of drug-likeness (QED) is 0.777. The number of hydrogen-bond acceptors (Lipinski definition) is 5. The lowest BCUT2D eigenvalue weighted by atomic mass is 10.2. The Morgan fingerprint density at radius 3 is 3.06 bits per heavy atom. The summed E-state index contributed by atoms with van der Waals surface area (Å²) < 4.78 is 20.6. The Bertz CT molecular complexity index is 544. The first-order chi connectivity index (χ1) is 8.29. The van der Waals surface area contributed by atoms with Gasteiger partial charge in [-0.15, -0.1) is 0 Å². The van der Waals surface area contributed by atoms with Crippen LogP contribution in [0.5, 0.6) is 0 Å². The van der Waals surface area contributed by atoms with Gasteiger partial charge in [0.15, 0.2) is 11.2 Å². The number of fused-ring (bicyclic) bond motifs is 1. The lowest BCUT2D eigenvalue weighted by molar-refractivity contribution is -0.0207. The van der Waals surface area contributed by atoms with Crippen molar-refractivity contribution in [2.75, 3.05) is 6.61 Å². The minimum atomic E-state index is -0.634. The molecule has 17 heavy (non-hydrogen) atoms. The van der Waals surface area contributed by atoms with E-state index in [0.717, 1.165) is 19.2 Å². The van der Waals surface area contributed by atoms with Gasteiger partial charge in [0.1, 0.15) is 12.6 Å². The average molecular weight is 238 g/mol. The second-order valence-corrected chi connectivity index (χ2v) is 3.96. The summed E-state index contributed by atoms with van der Waals surface area (Å²) in [4.78, 5) is 11.4. The molecule has 0 bridgehead atoms. The van der Waals surface area contributed by atoms with E-state index in [1.165, 1.54) is 6.33 Å². The normalized spacial score (nSPS) is 24.6. The van der Waals surface area contributed by atoms with Gasteiger partial charge in [-0.05, 0) is 12.8 Å². The summed E-state index contributed by atoms with van der Waals surface area (Å²) in [7, 11) is 0. The summed E-state index contributed by atoms with van der Waals surface area (Å²) >= 11 is 0. The number of rotatable bonds is 2. The lowest BCUT2D eigenvalue weighted by Crippen LogP contribution is -2.14. The minimum absolute atomic E-state index is 0.00747. The Morgan fingerprint density at radius 2 is 2.29 bits per heavy atom. The molecule has 2 aromatic heterocycles. The van der Waals surface area contributed by atoms with Gasteiger partial charge in [0, 0.05) is 0 Å². The zero-order valence-electron chi connectivity index (χ0n) is 8.95. The van der Waals surface area contributed by atoms with Crippen LogP contribution in [-0.4, -0.2) is 37.3 Å². The standard InChI is InChI=1S/C10H11FN4O2/c11-9-8-10(13-4-12-9)15(5-14-8)7-2-1-6(3-16)17-7/h4-7,16H,1-3H2/t6-,7+/m0/s1. The second-order valence-electron chi connectivity index (χ2n) is 3.96. The van der Waals surface area contributed by atoms with Crippen LogP contribution >= 0.6 is 0 Å². The monoisotopic (exact) mass is 238 g/mol. The van der Waals surface area contributed by atoms with Crippen molar-refractivity contribution in [3.05, 3.63) is 18.6 Å². The summed E-state index contributed by atoms with van der Waals surface area (Å²) in [6, 6.07) is 0. The van der Waals surface area contributed by atoms with E-state index in [0.29, 0.717) is 5.65 Å². The van der Waals surface area contributed by atoms with Gasteiger partial charge >= 0.3 is 0 Å². The van der Waals surface area contributed by atoms with Gasteiger partial charge in [-0.1, -0.05) is 0 Å². The molecule has 0 spiro atoms. The van der Waals surface area contributed by atoms with Crippen LogP contribution in [0, 0.1) is 5.95 Å². The lowest BCUT2D eigenvalue weighted by Gasteiger charge is -2.13. The van der Waals surface area contributed by atoms with Crippen molar-refractivity contribution in [1.29, 1.82) is 0 Å². The fourth-order valence-corrected chi connectivity index (χ4v) is 2.06. The number of halogens is 1. The molecule has 3 heterocycles. The molecule has 2 atom stereocenters. The van der Waals surface area contributed by atoms with Gasteiger partial charge in [-0.25, -0.2) is 15.0 Å². The van der Waals surface area contributed by atoms with Crippen molar-refractivity contribution in [2.45, 2.75) is 25.2 Å². The number of hydrogen-bond donors (Lipinski definition) is 1. The van der Waals surface area contributed by atoms with Gasteiger partial charge in [0.2, 0.25) is 5.95 Å². The summed E-state index contributed by atoms with van der Waals surface area (Å²) in [5.41, 5.74) is 0.560. The molecule has 1 saturated heterocycles. The Morgan fingerprint density at radius 1 is 1.41 bits per heavy atom. The molecule has 1 aliphatic heterocycles. The maximum atomic E-state index is 13.3. The maximum Gasteiger partial charge on any atom is 0.244 e. The van der Waals surface area contributed by atoms with Gasteiger partial charge in [-0.2, -0.15) is 4.39 Å². The number of ether oxygens (including phenoxy) is 1. The van der Waals surface area contributed by atoms with E-state index in [9.17, 15) is 4.39 Å². The summed E-state index contributed by atoms with van der Waals surface area (Å²) in [6.45, 7) is -0.00747. The molecule has 0 aliphatic carbocycles. The zero-order valence-corrected chi connectivity index (χ0v) is 8.95. The van der Waals surface area contributed by atoms with Crippen molar-refractivity contribution >= 4 is 11.2 Å². The maximum absolute atomic E-state index is 13.3. The van der Waals surface area contributed by atoms with Gasteiger partial charge < -0.3 is 9.84 Å². The highest BCUT2D eigenvalue weighted by atomic mass is 19.1. The molecule has 1 aliphatic rings. The molecule has 2 aromatic rings. The van der Waals surface area contributed by atoms with Crippen LogP contribution < -0.4 is 0 Å². The van der Waals surface area contributed by atoms with E-state index in [1.54, 1.807) is 4.57 Å². The third kappa shape index (κ3) is 1.67. The predicted molar refractivity (Wildman–Crippen MR) is 55.5 cm³/mol. The third-order valence-corrected chi connectivity index (χ3v) is 2.91. The Hall–Kier alpha value is -1.60. The van der Waals surface area contributed by atoms with E-state index in [4.69, 9.17) is 9.84 Å². The highest BCUT2D eigenvalue weighted by Crippen LogP contribution is 2.30. The summed E-state index contributed by atoms with van der Waals surface area (Å²) in [5.74, 6) is -0.634. The molecule has 0 amide bonds. The summed E-state index contributed by atoms with van der Waals surface area (Å²) in [6.07, 6.45) is 3.77. The Labute approximate surface area is 96.1 Å². The molecule has 0 unspecified atom stereocenters. The van der Waals surface area contributed by atoms with Crippen molar-refractivity contribution in [1.82, 2.24) is 19.5 Å². The topological polar surface area (TPSA) is 73.1 Å². The molecule has 6 nitrogen and oxygen atoms in total. The first-order valence-corrected chi connectivity index (χ1v) is 5.39. The van der Waals surface area contributed by atoms with E-state index in [2.05, 4.69) is 15.0 Å². The van der Waals surface area contributed by atoms with Gasteiger partial charge in [0.05, 0.1) is 19.0 Å². The largest absolute Gasteiger partial charge is 0.394 e. The van der Waals surface area contributed by atoms with Gasteiger partial charge in [0.25, 0.3) is 0 Å². The molecule has 1 N–H and O–H groups in total. The van der Waals surface area contributed by atoms with E-state index in [1.807, 2.05) is 0 Å². The molecule has 0 aromatic carbocycles. The van der Waals surface area contributed by atoms with Crippen LogP contribution in [0.3, 0.4) is 0 Å². The smallest absolute Gasteiger partial charge is 0.244 e.